The summed E-state index contributed by atoms with van der Waals surface area (Å²) in [5, 5.41) is 10.1. The third kappa shape index (κ3) is 3.19. The zero-order valence-electron chi connectivity index (χ0n) is 10.0. The number of aliphatic hydroxyl groups excluding tert-OH is 1. The number of rotatable bonds is 3. The van der Waals surface area contributed by atoms with E-state index in [0.717, 1.165) is 0 Å². The van der Waals surface area contributed by atoms with Crippen molar-refractivity contribution in [3.63, 3.8) is 0 Å². The highest BCUT2D eigenvalue weighted by Crippen LogP contribution is 2.33. The van der Waals surface area contributed by atoms with Crippen molar-refractivity contribution in [2.75, 3.05) is 5.73 Å². The van der Waals surface area contributed by atoms with Gasteiger partial charge < -0.3 is 10.8 Å². The Morgan fingerprint density at radius 1 is 1.29 bits per heavy atom. The standard InChI is InChI=1S/C14H20FNO/c15-11-6-7-13(16)12(9-11)14(17)8-10-4-2-1-3-5-10/h6-7,9-10,14,17H,1-5,8,16H2. The number of aliphatic hydroxyl groups is 1. The zero-order valence-corrected chi connectivity index (χ0v) is 10.0. The molecule has 1 aliphatic carbocycles. The molecule has 2 nitrogen and oxygen atoms in total. The molecule has 0 bridgehead atoms. The summed E-state index contributed by atoms with van der Waals surface area (Å²) >= 11 is 0. The van der Waals surface area contributed by atoms with Crippen molar-refractivity contribution < 1.29 is 9.50 Å². The Kier molecular flexibility index (Phi) is 4.00. The third-order valence-corrected chi connectivity index (χ3v) is 3.69. The van der Waals surface area contributed by atoms with E-state index in [2.05, 4.69) is 0 Å². The Hall–Kier alpha value is -1.09. The first-order valence-electron chi connectivity index (χ1n) is 6.40. The molecule has 1 aliphatic rings. The maximum absolute atomic E-state index is 13.1. The molecule has 0 spiro atoms. The van der Waals surface area contributed by atoms with Crippen LogP contribution in [0.1, 0.15) is 50.2 Å². The highest BCUT2D eigenvalue weighted by molar-refractivity contribution is 5.47. The van der Waals surface area contributed by atoms with Crippen LogP contribution < -0.4 is 5.73 Å². The number of hydrogen-bond acceptors (Lipinski definition) is 2. The van der Waals surface area contributed by atoms with Gasteiger partial charge in [0.05, 0.1) is 6.10 Å². The Labute approximate surface area is 102 Å². The SMILES string of the molecule is Nc1ccc(F)cc1C(O)CC1CCCCC1. The van der Waals surface area contributed by atoms with Crippen molar-refractivity contribution >= 4 is 5.69 Å². The lowest BCUT2D eigenvalue weighted by molar-refractivity contribution is 0.131. The summed E-state index contributed by atoms with van der Waals surface area (Å²) in [6, 6.07) is 4.20. The predicted octanol–water partition coefficient (Wildman–Crippen LogP) is 3.41. The second-order valence-electron chi connectivity index (χ2n) is 5.03. The summed E-state index contributed by atoms with van der Waals surface area (Å²) in [4.78, 5) is 0. The molecule has 0 saturated heterocycles. The van der Waals surface area contributed by atoms with Gasteiger partial charge in [0.1, 0.15) is 5.82 Å². The molecule has 3 N–H and O–H groups in total. The molecule has 2 rings (SSSR count). The normalized spacial score (nSPS) is 19.2. The number of halogens is 1. The van der Waals surface area contributed by atoms with Crippen LogP contribution in [0.2, 0.25) is 0 Å². The number of hydrogen-bond donors (Lipinski definition) is 2. The summed E-state index contributed by atoms with van der Waals surface area (Å²) < 4.78 is 13.1. The minimum Gasteiger partial charge on any atom is -0.398 e. The molecule has 1 fully saturated rings. The van der Waals surface area contributed by atoms with Crippen molar-refractivity contribution in [2.45, 2.75) is 44.6 Å². The van der Waals surface area contributed by atoms with Crippen molar-refractivity contribution in [1.29, 1.82) is 0 Å². The smallest absolute Gasteiger partial charge is 0.123 e. The van der Waals surface area contributed by atoms with Gasteiger partial charge in [-0.05, 0) is 30.5 Å². The molecule has 0 aromatic heterocycles. The summed E-state index contributed by atoms with van der Waals surface area (Å²) in [6.45, 7) is 0. The van der Waals surface area contributed by atoms with Gasteiger partial charge in [0.2, 0.25) is 0 Å². The van der Waals surface area contributed by atoms with Crippen molar-refractivity contribution in [3.8, 4) is 0 Å². The first-order valence-corrected chi connectivity index (χ1v) is 6.40. The quantitative estimate of drug-likeness (QED) is 0.791. The van der Waals surface area contributed by atoms with Gasteiger partial charge in [-0.25, -0.2) is 4.39 Å². The Morgan fingerprint density at radius 2 is 2.00 bits per heavy atom. The fourth-order valence-corrected chi connectivity index (χ4v) is 2.70. The molecular weight excluding hydrogens is 217 g/mol. The van der Waals surface area contributed by atoms with E-state index >= 15 is 0 Å². The molecule has 1 saturated carbocycles. The van der Waals surface area contributed by atoms with E-state index in [1.807, 2.05) is 0 Å². The van der Waals surface area contributed by atoms with Crippen molar-refractivity contribution in [3.05, 3.63) is 29.6 Å². The fraction of sp³-hybridized carbons (Fsp3) is 0.571. The van der Waals surface area contributed by atoms with Gasteiger partial charge in [0, 0.05) is 11.3 Å². The van der Waals surface area contributed by atoms with Crippen LogP contribution in [0.5, 0.6) is 0 Å². The van der Waals surface area contributed by atoms with E-state index in [1.54, 1.807) is 0 Å². The molecule has 0 heterocycles. The second-order valence-corrected chi connectivity index (χ2v) is 5.03. The lowest BCUT2D eigenvalue weighted by Gasteiger charge is -2.24. The van der Waals surface area contributed by atoms with Crippen LogP contribution in [-0.4, -0.2) is 5.11 Å². The minimum absolute atomic E-state index is 0.336. The van der Waals surface area contributed by atoms with E-state index in [1.165, 1.54) is 50.3 Å². The van der Waals surface area contributed by atoms with Crippen molar-refractivity contribution in [2.24, 2.45) is 5.92 Å². The lowest BCUT2D eigenvalue weighted by Crippen LogP contribution is -2.12. The minimum atomic E-state index is -0.631. The fourth-order valence-electron chi connectivity index (χ4n) is 2.70. The Bertz CT molecular complexity index is 374. The summed E-state index contributed by atoms with van der Waals surface area (Å²) in [6.07, 6.45) is 6.21. The molecule has 0 aliphatic heterocycles. The number of benzene rings is 1. The second kappa shape index (κ2) is 5.50. The molecule has 1 aromatic carbocycles. The molecule has 0 amide bonds. The average molecular weight is 237 g/mol. The molecule has 0 radical (unpaired) electrons. The largest absolute Gasteiger partial charge is 0.398 e. The van der Waals surface area contributed by atoms with E-state index in [9.17, 15) is 9.50 Å². The molecule has 94 valence electrons. The summed E-state index contributed by atoms with van der Waals surface area (Å²) in [7, 11) is 0. The van der Waals surface area contributed by atoms with E-state index in [-0.39, 0.29) is 5.82 Å². The van der Waals surface area contributed by atoms with Gasteiger partial charge in [-0.15, -0.1) is 0 Å². The monoisotopic (exact) mass is 237 g/mol. The van der Waals surface area contributed by atoms with Crippen molar-refractivity contribution in [1.82, 2.24) is 0 Å². The Balaban J connectivity index is 2.02. The van der Waals surface area contributed by atoms with Gasteiger partial charge in [-0.2, -0.15) is 0 Å². The zero-order chi connectivity index (χ0) is 12.3. The highest BCUT2D eigenvalue weighted by atomic mass is 19.1. The number of anilines is 1. The molecule has 1 atom stereocenters. The topological polar surface area (TPSA) is 46.2 Å². The molecule has 1 aromatic rings. The van der Waals surface area contributed by atoms with E-state index in [4.69, 9.17) is 5.73 Å². The van der Waals surface area contributed by atoms with E-state index < -0.39 is 6.10 Å². The number of nitrogen functional groups attached to an aromatic ring is 1. The lowest BCUT2D eigenvalue weighted by atomic mass is 9.84. The number of nitrogens with two attached hydrogens (primary N) is 1. The maximum atomic E-state index is 13.1. The van der Waals surface area contributed by atoms with E-state index in [0.29, 0.717) is 23.6 Å². The van der Waals surface area contributed by atoms with Gasteiger partial charge in [0.15, 0.2) is 0 Å². The summed E-state index contributed by atoms with van der Waals surface area (Å²) in [5.74, 6) is 0.221. The van der Waals surface area contributed by atoms with Crippen LogP contribution in [0.4, 0.5) is 10.1 Å². The van der Waals surface area contributed by atoms with Crippen LogP contribution >= 0.6 is 0 Å². The Morgan fingerprint density at radius 3 is 2.71 bits per heavy atom. The van der Waals surface area contributed by atoms with Gasteiger partial charge in [0.25, 0.3) is 0 Å². The first-order chi connectivity index (χ1) is 8.16. The maximum Gasteiger partial charge on any atom is 0.123 e. The third-order valence-electron chi connectivity index (χ3n) is 3.69. The van der Waals surface area contributed by atoms with Gasteiger partial charge in [-0.3, -0.25) is 0 Å². The van der Waals surface area contributed by atoms with Crippen LogP contribution in [0.15, 0.2) is 18.2 Å². The highest BCUT2D eigenvalue weighted by Gasteiger charge is 2.20. The van der Waals surface area contributed by atoms with Crippen LogP contribution in [0, 0.1) is 11.7 Å². The van der Waals surface area contributed by atoms with Crippen LogP contribution in [-0.2, 0) is 0 Å². The average Bonchev–Trinajstić information content (AvgIpc) is 2.33. The molecule has 17 heavy (non-hydrogen) atoms. The predicted molar refractivity (Wildman–Crippen MR) is 67.0 cm³/mol. The molecule has 1 unspecified atom stereocenters. The first kappa shape index (κ1) is 12.4. The molecule has 3 heteroatoms. The van der Waals surface area contributed by atoms with Crippen LogP contribution in [0.25, 0.3) is 0 Å². The van der Waals surface area contributed by atoms with Gasteiger partial charge in [-0.1, -0.05) is 32.1 Å². The van der Waals surface area contributed by atoms with Crippen LogP contribution in [0.3, 0.4) is 0 Å². The van der Waals surface area contributed by atoms with Gasteiger partial charge >= 0.3 is 0 Å². The summed E-state index contributed by atoms with van der Waals surface area (Å²) in [5.41, 5.74) is 6.79. The molecular formula is C14H20FNO.